The van der Waals surface area contributed by atoms with Gasteiger partial charge in [0.2, 0.25) is 0 Å². The number of nitrogens with zero attached hydrogens (tertiary/aromatic N) is 1. The summed E-state index contributed by atoms with van der Waals surface area (Å²) in [6.07, 6.45) is 5.46. The maximum Gasteiger partial charge on any atom is 0.0930 e. The summed E-state index contributed by atoms with van der Waals surface area (Å²) >= 11 is 0. The van der Waals surface area contributed by atoms with Crippen molar-refractivity contribution >= 4 is 0 Å². The smallest absolute Gasteiger partial charge is 0.0930 e. The second kappa shape index (κ2) is 5.83. The van der Waals surface area contributed by atoms with Gasteiger partial charge in [0.15, 0.2) is 0 Å². The average Bonchev–Trinajstić information content (AvgIpc) is 2.93. The molecule has 2 atom stereocenters. The molecule has 0 aliphatic carbocycles. The highest BCUT2D eigenvalue weighted by Gasteiger charge is 2.27. The fraction of sp³-hybridized carbons (Fsp3) is 0.600. The molecule has 0 radical (unpaired) electrons. The van der Waals surface area contributed by atoms with Gasteiger partial charge in [-0.15, -0.1) is 0 Å². The van der Waals surface area contributed by atoms with E-state index in [2.05, 4.69) is 40.7 Å². The minimum atomic E-state index is 0.370. The molecule has 18 heavy (non-hydrogen) atoms. The van der Waals surface area contributed by atoms with Crippen molar-refractivity contribution in [1.29, 1.82) is 0 Å². The van der Waals surface area contributed by atoms with Crippen molar-refractivity contribution in [2.75, 3.05) is 19.6 Å². The van der Waals surface area contributed by atoms with Crippen LogP contribution in [0.4, 0.5) is 0 Å². The van der Waals surface area contributed by atoms with Gasteiger partial charge in [-0.3, -0.25) is 9.74 Å². The lowest BCUT2D eigenvalue weighted by molar-refractivity contribution is -0.00225. The molecule has 0 aromatic heterocycles. The van der Waals surface area contributed by atoms with Crippen molar-refractivity contribution in [3.63, 3.8) is 0 Å². The zero-order valence-corrected chi connectivity index (χ0v) is 10.8. The van der Waals surface area contributed by atoms with Gasteiger partial charge in [-0.05, 0) is 31.4 Å². The first kappa shape index (κ1) is 12.2. The Morgan fingerprint density at radius 1 is 1.17 bits per heavy atom. The van der Waals surface area contributed by atoms with Crippen molar-refractivity contribution in [3.05, 3.63) is 35.9 Å². The minimum Gasteiger partial charge on any atom is -0.297 e. The molecule has 2 heterocycles. The molecule has 0 saturated carbocycles. The fourth-order valence-electron chi connectivity index (χ4n) is 3.11. The van der Waals surface area contributed by atoms with Gasteiger partial charge in [-0.1, -0.05) is 36.8 Å². The van der Waals surface area contributed by atoms with E-state index >= 15 is 0 Å². The van der Waals surface area contributed by atoms with Crippen LogP contribution in [0.1, 0.15) is 37.3 Å². The number of nitrogens with one attached hydrogen (secondary N) is 1. The number of hydroxylamine groups is 1. The Labute approximate surface area is 109 Å². The molecule has 3 nitrogen and oxygen atoms in total. The first-order valence-electron chi connectivity index (χ1n) is 7.11. The summed E-state index contributed by atoms with van der Waals surface area (Å²) in [7, 11) is 0. The van der Waals surface area contributed by atoms with Crippen LogP contribution in [0, 0.1) is 0 Å². The Hall–Kier alpha value is -0.900. The van der Waals surface area contributed by atoms with Crippen molar-refractivity contribution in [2.45, 2.75) is 37.8 Å². The summed E-state index contributed by atoms with van der Waals surface area (Å²) in [5.41, 5.74) is 4.45. The summed E-state index contributed by atoms with van der Waals surface area (Å²) in [6, 6.07) is 11.5. The first-order valence-corrected chi connectivity index (χ1v) is 7.11. The van der Waals surface area contributed by atoms with E-state index in [9.17, 15) is 0 Å². The van der Waals surface area contributed by atoms with Crippen molar-refractivity contribution in [1.82, 2.24) is 10.4 Å². The quantitative estimate of drug-likeness (QED) is 0.887. The lowest BCUT2D eigenvalue weighted by Crippen LogP contribution is -2.39. The lowest BCUT2D eigenvalue weighted by atomic mass is 9.95. The molecule has 2 aliphatic heterocycles. The molecule has 2 fully saturated rings. The van der Waals surface area contributed by atoms with Gasteiger partial charge in [0, 0.05) is 19.1 Å². The third kappa shape index (κ3) is 2.74. The van der Waals surface area contributed by atoms with E-state index in [4.69, 9.17) is 4.84 Å². The Bertz CT molecular complexity index is 362. The molecule has 2 unspecified atom stereocenters. The minimum absolute atomic E-state index is 0.370. The number of rotatable bonds is 3. The molecular weight excluding hydrogens is 224 g/mol. The lowest BCUT2D eigenvalue weighted by Gasteiger charge is -2.37. The number of hydrogen-bond donors (Lipinski definition) is 1. The van der Waals surface area contributed by atoms with Crippen LogP contribution in [0.15, 0.2) is 30.3 Å². The van der Waals surface area contributed by atoms with Crippen molar-refractivity contribution in [2.24, 2.45) is 0 Å². The van der Waals surface area contributed by atoms with Gasteiger partial charge < -0.3 is 0 Å². The van der Waals surface area contributed by atoms with Crippen LogP contribution in [0.3, 0.4) is 0 Å². The molecule has 1 N–H and O–H groups in total. The molecular formula is C15H22N2O. The van der Waals surface area contributed by atoms with Crippen LogP contribution in [-0.4, -0.2) is 30.6 Å². The second-order valence-corrected chi connectivity index (χ2v) is 5.34. The molecule has 1 aromatic carbocycles. The zero-order chi connectivity index (χ0) is 12.2. The Morgan fingerprint density at radius 2 is 2.06 bits per heavy atom. The molecule has 0 bridgehead atoms. The molecule has 1 aromatic rings. The predicted molar refractivity (Wildman–Crippen MR) is 72.1 cm³/mol. The predicted octanol–water partition coefficient (Wildman–Crippen LogP) is 2.51. The van der Waals surface area contributed by atoms with Crippen molar-refractivity contribution in [3.8, 4) is 0 Å². The molecule has 98 valence electrons. The van der Waals surface area contributed by atoms with Crippen LogP contribution in [-0.2, 0) is 4.84 Å². The SMILES string of the molecule is c1ccc(C2CCCCN2CC2CCNO2)cc1. The summed E-state index contributed by atoms with van der Waals surface area (Å²) in [5.74, 6) is 0. The van der Waals surface area contributed by atoms with Gasteiger partial charge in [-0.25, -0.2) is 5.48 Å². The molecule has 2 saturated heterocycles. The van der Waals surface area contributed by atoms with Gasteiger partial charge in [0.25, 0.3) is 0 Å². The van der Waals surface area contributed by atoms with Crippen LogP contribution < -0.4 is 5.48 Å². The van der Waals surface area contributed by atoms with Crippen LogP contribution in [0.2, 0.25) is 0 Å². The first-order chi connectivity index (χ1) is 8.93. The number of hydrogen-bond acceptors (Lipinski definition) is 3. The van der Waals surface area contributed by atoms with Gasteiger partial charge in [-0.2, -0.15) is 0 Å². The zero-order valence-electron chi connectivity index (χ0n) is 10.8. The monoisotopic (exact) mass is 246 g/mol. The highest BCUT2D eigenvalue weighted by molar-refractivity contribution is 5.19. The van der Waals surface area contributed by atoms with E-state index in [1.165, 1.54) is 31.4 Å². The summed E-state index contributed by atoms with van der Waals surface area (Å²) in [5, 5.41) is 0. The molecule has 2 aliphatic rings. The van der Waals surface area contributed by atoms with Crippen molar-refractivity contribution < 1.29 is 4.84 Å². The summed E-state index contributed by atoms with van der Waals surface area (Å²) in [4.78, 5) is 8.16. The van der Waals surface area contributed by atoms with E-state index in [1.54, 1.807) is 0 Å². The van der Waals surface area contributed by atoms with Crippen LogP contribution in [0.5, 0.6) is 0 Å². The van der Waals surface area contributed by atoms with E-state index in [1.807, 2.05) is 0 Å². The maximum atomic E-state index is 5.55. The third-order valence-corrected chi connectivity index (χ3v) is 4.05. The van der Waals surface area contributed by atoms with E-state index < -0.39 is 0 Å². The maximum absolute atomic E-state index is 5.55. The Balaban J connectivity index is 1.69. The van der Waals surface area contributed by atoms with E-state index in [-0.39, 0.29) is 0 Å². The van der Waals surface area contributed by atoms with Crippen LogP contribution in [0.25, 0.3) is 0 Å². The summed E-state index contributed by atoms with van der Waals surface area (Å²) in [6.45, 7) is 3.26. The molecule has 0 spiro atoms. The molecule has 3 heteroatoms. The fourth-order valence-corrected chi connectivity index (χ4v) is 3.11. The standard InChI is InChI=1S/C15H22N2O/c1-2-6-13(7-3-1)15-8-4-5-11-17(15)12-14-9-10-16-18-14/h1-3,6-7,14-16H,4-5,8-12H2. The normalized spacial score (nSPS) is 29.6. The number of piperidine rings is 1. The van der Waals surface area contributed by atoms with Crippen LogP contribution >= 0.6 is 0 Å². The largest absolute Gasteiger partial charge is 0.297 e. The topological polar surface area (TPSA) is 24.5 Å². The third-order valence-electron chi connectivity index (χ3n) is 4.05. The number of benzene rings is 1. The molecule has 0 amide bonds. The second-order valence-electron chi connectivity index (χ2n) is 5.34. The molecule has 3 rings (SSSR count). The highest BCUT2D eigenvalue weighted by atomic mass is 16.7. The van der Waals surface area contributed by atoms with E-state index in [0.29, 0.717) is 12.1 Å². The van der Waals surface area contributed by atoms with Gasteiger partial charge in [0.05, 0.1) is 6.10 Å². The Kier molecular flexibility index (Phi) is 3.93. The van der Waals surface area contributed by atoms with E-state index in [0.717, 1.165) is 19.5 Å². The number of likely N-dealkylation sites (tertiary alicyclic amines) is 1. The average molecular weight is 246 g/mol. The van der Waals surface area contributed by atoms with Gasteiger partial charge >= 0.3 is 0 Å². The van der Waals surface area contributed by atoms with Gasteiger partial charge in [0.1, 0.15) is 0 Å². The summed E-state index contributed by atoms with van der Waals surface area (Å²) < 4.78 is 0. The Morgan fingerprint density at radius 3 is 2.83 bits per heavy atom. The highest BCUT2D eigenvalue weighted by Crippen LogP contribution is 2.31.